The number of pyridine rings is 1. The van der Waals surface area contributed by atoms with Crippen molar-refractivity contribution in [1.82, 2.24) is 4.98 Å². The Morgan fingerprint density at radius 3 is 2.88 bits per heavy atom. The van der Waals surface area contributed by atoms with Gasteiger partial charge in [0, 0.05) is 18.5 Å². The van der Waals surface area contributed by atoms with Crippen LogP contribution in [0.3, 0.4) is 0 Å². The topological polar surface area (TPSA) is 50.9 Å². The second-order valence-electron chi connectivity index (χ2n) is 3.81. The molecule has 3 heteroatoms. The predicted octanol–water partition coefficient (Wildman–Crippen LogP) is 2.52. The van der Waals surface area contributed by atoms with Gasteiger partial charge in [-0.2, -0.15) is 0 Å². The zero-order valence-corrected chi connectivity index (χ0v) is 9.53. The van der Waals surface area contributed by atoms with Gasteiger partial charge in [0.2, 0.25) is 0 Å². The third-order valence-corrected chi connectivity index (χ3v) is 2.58. The van der Waals surface area contributed by atoms with Crippen LogP contribution in [0.5, 0.6) is 0 Å². The molecule has 0 saturated heterocycles. The lowest BCUT2D eigenvalue weighted by atomic mass is 10.1. The summed E-state index contributed by atoms with van der Waals surface area (Å²) in [6, 6.07) is 10.1. The highest BCUT2D eigenvalue weighted by atomic mass is 15.0. The van der Waals surface area contributed by atoms with Crippen molar-refractivity contribution < 1.29 is 0 Å². The van der Waals surface area contributed by atoms with E-state index in [4.69, 9.17) is 5.73 Å². The highest BCUT2D eigenvalue weighted by Crippen LogP contribution is 2.20. The van der Waals surface area contributed by atoms with Crippen LogP contribution >= 0.6 is 0 Å². The van der Waals surface area contributed by atoms with Crippen LogP contribution < -0.4 is 11.1 Å². The van der Waals surface area contributed by atoms with Crippen molar-refractivity contribution >= 4 is 16.7 Å². The van der Waals surface area contributed by atoms with Gasteiger partial charge in [0.25, 0.3) is 0 Å². The Kier molecular flexibility index (Phi) is 3.37. The summed E-state index contributed by atoms with van der Waals surface area (Å²) < 4.78 is 0. The molecule has 0 aliphatic carbocycles. The Labute approximate surface area is 95.7 Å². The summed E-state index contributed by atoms with van der Waals surface area (Å²) in [5.41, 5.74) is 7.90. The van der Waals surface area contributed by atoms with Crippen molar-refractivity contribution in [1.29, 1.82) is 0 Å². The second-order valence-corrected chi connectivity index (χ2v) is 3.81. The number of para-hydroxylation sites is 1. The van der Waals surface area contributed by atoms with Gasteiger partial charge in [0.05, 0.1) is 5.52 Å². The molecule has 0 bridgehead atoms. The van der Waals surface area contributed by atoms with Gasteiger partial charge < -0.3 is 11.1 Å². The largest absolute Gasteiger partial charge is 0.370 e. The standard InChI is InChI=1S/C13H17N3/c1-2-7-15-13-8-10(9-14)11-5-3-4-6-12(11)16-13/h3-6,8H,2,7,9,14H2,1H3,(H,15,16). The van der Waals surface area contributed by atoms with Gasteiger partial charge in [-0.05, 0) is 24.1 Å². The minimum absolute atomic E-state index is 0.545. The van der Waals surface area contributed by atoms with Crippen molar-refractivity contribution in [3.8, 4) is 0 Å². The maximum Gasteiger partial charge on any atom is 0.126 e. The summed E-state index contributed by atoms with van der Waals surface area (Å²) in [6.45, 7) is 3.62. The lowest BCUT2D eigenvalue weighted by molar-refractivity contribution is 0.969. The molecule has 0 saturated carbocycles. The van der Waals surface area contributed by atoms with E-state index in [9.17, 15) is 0 Å². The molecule has 0 aliphatic heterocycles. The molecule has 0 atom stereocenters. The number of nitrogens with zero attached hydrogens (tertiary/aromatic N) is 1. The van der Waals surface area contributed by atoms with E-state index >= 15 is 0 Å². The van der Waals surface area contributed by atoms with Gasteiger partial charge in [0.1, 0.15) is 5.82 Å². The molecule has 0 unspecified atom stereocenters. The van der Waals surface area contributed by atoms with Gasteiger partial charge >= 0.3 is 0 Å². The zero-order valence-electron chi connectivity index (χ0n) is 9.53. The first-order chi connectivity index (χ1) is 7.85. The fourth-order valence-corrected chi connectivity index (χ4v) is 1.76. The third kappa shape index (κ3) is 2.14. The van der Waals surface area contributed by atoms with E-state index in [1.165, 1.54) is 0 Å². The van der Waals surface area contributed by atoms with E-state index < -0.39 is 0 Å². The summed E-state index contributed by atoms with van der Waals surface area (Å²) in [5, 5.41) is 4.44. The molecule has 2 aromatic rings. The Hall–Kier alpha value is -1.61. The minimum atomic E-state index is 0.545. The van der Waals surface area contributed by atoms with Crippen molar-refractivity contribution in [2.24, 2.45) is 5.73 Å². The first kappa shape index (κ1) is 10.9. The van der Waals surface area contributed by atoms with Crippen LogP contribution in [0.2, 0.25) is 0 Å². The summed E-state index contributed by atoms with van der Waals surface area (Å²) in [7, 11) is 0. The summed E-state index contributed by atoms with van der Waals surface area (Å²) >= 11 is 0. The summed E-state index contributed by atoms with van der Waals surface area (Å²) in [5.74, 6) is 0.918. The number of nitrogens with two attached hydrogens (primary N) is 1. The normalized spacial score (nSPS) is 10.6. The van der Waals surface area contributed by atoms with Crippen molar-refractivity contribution in [3.63, 3.8) is 0 Å². The van der Waals surface area contributed by atoms with Crippen LogP contribution in [-0.2, 0) is 6.54 Å². The molecule has 0 fully saturated rings. The number of benzene rings is 1. The molecule has 3 N–H and O–H groups in total. The number of hydrogen-bond donors (Lipinski definition) is 2. The molecule has 84 valence electrons. The number of anilines is 1. The Morgan fingerprint density at radius 2 is 2.12 bits per heavy atom. The molecule has 3 nitrogen and oxygen atoms in total. The maximum atomic E-state index is 5.76. The van der Waals surface area contributed by atoms with Gasteiger partial charge in [-0.3, -0.25) is 0 Å². The number of aromatic nitrogens is 1. The SMILES string of the molecule is CCCNc1cc(CN)c2ccccc2n1. The Morgan fingerprint density at radius 1 is 1.31 bits per heavy atom. The van der Waals surface area contributed by atoms with Gasteiger partial charge in [-0.1, -0.05) is 25.1 Å². The summed E-state index contributed by atoms with van der Waals surface area (Å²) in [4.78, 5) is 4.55. The monoisotopic (exact) mass is 215 g/mol. The first-order valence-corrected chi connectivity index (χ1v) is 5.67. The van der Waals surface area contributed by atoms with Crippen molar-refractivity contribution in [2.75, 3.05) is 11.9 Å². The number of rotatable bonds is 4. The second kappa shape index (κ2) is 4.94. The lowest BCUT2D eigenvalue weighted by Gasteiger charge is -2.09. The van der Waals surface area contributed by atoms with Crippen LogP contribution in [-0.4, -0.2) is 11.5 Å². The average Bonchev–Trinajstić information content (AvgIpc) is 2.35. The molecule has 0 amide bonds. The number of fused-ring (bicyclic) bond motifs is 1. The summed E-state index contributed by atoms with van der Waals surface area (Å²) in [6.07, 6.45) is 1.09. The molecule has 0 aliphatic rings. The fraction of sp³-hybridized carbons (Fsp3) is 0.308. The van der Waals surface area contributed by atoms with E-state index in [0.29, 0.717) is 6.54 Å². The highest BCUT2D eigenvalue weighted by Gasteiger charge is 2.03. The molecular weight excluding hydrogens is 198 g/mol. The maximum absolute atomic E-state index is 5.76. The van der Waals surface area contributed by atoms with E-state index in [1.807, 2.05) is 24.3 Å². The Balaban J connectivity index is 2.46. The van der Waals surface area contributed by atoms with Gasteiger partial charge in [-0.15, -0.1) is 0 Å². The van der Waals surface area contributed by atoms with E-state index in [0.717, 1.165) is 35.2 Å². The molecule has 1 heterocycles. The molecule has 1 aromatic heterocycles. The van der Waals surface area contributed by atoms with E-state index in [-0.39, 0.29) is 0 Å². The molecule has 0 radical (unpaired) electrons. The number of hydrogen-bond acceptors (Lipinski definition) is 3. The first-order valence-electron chi connectivity index (χ1n) is 5.67. The van der Waals surface area contributed by atoms with Crippen LogP contribution in [0.15, 0.2) is 30.3 Å². The van der Waals surface area contributed by atoms with Gasteiger partial charge in [-0.25, -0.2) is 4.98 Å². The van der Waals surface area contributed by atoms with E-state index in [1.54, 1.807) is 0 Å². The van der Waals surface area contributed by atoms with Crippen LogP contribution in [0, 0.1) is 0 Å². The molecule has 16 heavy (non-hydrogen) atoms. The average molecular weight is 215 g/mol. The lowest BCUT2D eigenvalue weighted by Crippen LogP contribution is -2.05. The quantitative estimate of drug-likeness (QED) is 0.824. The minimum Gasteiger partial charge on any atom is -0.370 e. The van der Waals surface area contributed by atoms with Crippen LogP contribution in [0.4, 0.5) is 5.82 Å². The van der Waals surface area contributed by atoms with Crippen molar-refractivity contribution in [3.05, 3.63) is 35.9 Å². The fourth-order valence-electron chi connectivity index (χ4n) is 1.76. The Bertz CT molecular complexity index is 480. The van der Waals surface area contributed by atoms with Crippen LogP contribution in [0.25, 0.3) is 10.9 Å². The molecule has 1 aromatic carbocycles. The number of nitrogens with one attached hydrogen (secondary N) is 1. The zero-order chi connectivity index (χ0) is 11.4. The van der Waals surface area contributed by atoms with Crippen LogP contribution in [0.1, 0.15) is 18.9 Å². The molecule has 2 rings (SSSR count). The molecular formula is C13H17N3. The predicted molar refractivity (Wildman–Crippen MR) is 68.4 cm³/mol. The van der Waals surface area contributed by atoms with Gasteiger partial charge in [0.15, 0.2) is 0 Å². The third-order valence-electron chi connectivity index (χ3n) is 2.58. The van der Waals surface area contributed by atoms with Crippen molar-refractivity contribution in [2.45, 2.75) is 19.9 Å². The highest BCUT2D eigenvalue weighted by molar-refractivity contribution is 5.83. The smallest absolute Gasteiger partial charge is 0.126 e. The van der Waals surface area contributed by atoms with E-state index in [2.05, 4.69) is 23.3 Å². The molecule has 0 spiro atoms.